The van der Waals surface area contributed by atoms with Gasteiger partial charge in [-0.1, -0.05) is 72.4 Å². The normalized spacial score (nSPS) is 15.2. The number of hydrogen-bond donors (Lipinski definition) is 1. The predicted molar refractivity (Wildman–Crippen MR) is 118 cm³/mol. The van der Waals surface area contributed by atoms with Crippen LogP contribution in [0.5, 0.6) is 0 Å². The summed E-state index contributed by atoms with van der Waals surface area (Å²) in [6.07, 6.45) is 1.80. The molecular formula is C23H18N2O3S. The number of fused-ring (bicyclic) bond motifs is 1. The predicted octanol–water partition coefficient (Wildman–Crippen LogP) is 4.79. The second-order valence-electron chi connectivity index (χ2n) is 6.46. The molecular weight excluding hydrogens is 384 g/mol. The zero-order valence-electron chi connectivity index (χ0n) is 15.5. The summed E-state index contributed by atoms with van der Waals surface area (Å²) in [7, 11) is 0. The number of aliphatic carboxylic acids is 1. The summed E-state index contributed by atoms with van der Waals surface area (Å²) in [5, 5.41) is 11.6. The zero-order valence-corrected chi connectivity index (χ0v) is 16.3. The van der Waals surface area contributed by atoms with Gasteiger partial charge in [0.05, 0.1) is 12.1 Å². The van der Waals surface area contributed by atoms with Crippen molar-refractivity contribution in [2.24, 2.45) is 4.99 Å². The minimum Gasteiger partial charge on any atom is -0.481 e. The number of thioether (sulfide) groups is 1. The van der Waals surface area contributed by atoms with E-state index in [1.54, 1.807) is 11.0 Å². The van der Waals surface area contributed by atoms with Crippen LogP contribution in [0.15, 0.2) is 83.5 Å². The summed E-state index contributed by atoms with van der Waals surface area (Å²) < 4.78 is 0. The Morgan fingerprint density at radius 2 is 1.72 bits per heavy atom. The van der Waals surface area contributed by atoms with E-state index in [2.05, 4.69) is 4.99 Å². The first-order valence-corrected chi connectivity index (χ1v) is 10.1. The number of carboxylic acid groups (broad SMARTS) is 1. The molecule has 4 rings (SSSR count). The highest BCUT2D eigenvalue weighted by Crippen LogP contribution is 2.30. The van der Waals surface area contributed by atoms with E-state index in [-0.39, 0.29) is 12.3 Å². The molecule has 0 spiro atoms. The molecule has 29 heavy (non-hydrogen) atoms. The Balaban J connectivity index is 1.73. The van der Waals surface area contributed by atoms with E-state index >= 15 is 0 Å². The van der Waals surface area contributed by atoms with Gasteiger partial charge < -0.3 is 5.11 Å². The van der Waals surface area contributed by atoms with Gasteiger partial charge >= 0.3 is 5.97 Å². The van der Waals surface area contributed by atoms with E-state index < -0.39 is 5.97 Å². The highest BCUT2D eigenvalue weighted by molar-refractivity contribution is 8.14. The monoisotopic (exact) mass is 402 g/mol. The van der Waals surface area contributed by atoms with Gasteiger partial charge in [-0.15, -0.1) is 0 Å². The lowest BCUT2D eigenvalue weighted by Gasteiger charge is -2.17. The van der Waals surface area contributed by atoms with Crippen LogP contribution in [0.4, 0.5) is 5.69 Å². The van der Waals surface area contributed by atoms with E-state index in [4.69, 9.17) is 5.11 Å². The van der Waals surface area contributed by atoms with E-state index in [1.165, 1.54) is 11.8 Å². The number of rotatable bonds is 5. The molecule has 1 N–H and O–H groups in total. The first kappa shape index (κ1) is 19.0. The quantitative estimate of drug-likeness (QED) is 0.623. The summed E-state index contributed by atoms with van der Waals surface area (Å²) in [5.41, 5.74) is 1.96. The molecule has 1 heterocycles. The number of nitrogens with zero attached hydrogens (tertiary/aromatic N) is 2. The average Bonchev–Trinajstić information content (AvgIpc) is 3.04. The minimum atomic E-state index is -0.875. The van der Waals surface area contributed by atoms with Crippen LogP contribution in [0.25, 0.3) is 16.8 Å². The molecule has 0 radical (unpaired) electrons. The number of hydrogen-bond acceptors (Lipinski definition) is 4. The molecule has 0 fully saturated rings. The molecule has 3 aromatic carbocycles. The van der Waals surface area contributed by atoms with Crippen molar-refractivity contribution in [3.8, 4) is 0 Å². The third kappa shape index (κ3) is 4.07. The molecule has 1 amide bonds. The number of carbonyl (C=O) groups is 2. The molecule has 144 valence electrons. The summed E-state index contributed by atoms with van der Waals surface area (Å²) in [4.78, 5) is 30.1. The van der Waals surface area contributed by atoms with Crippen LogP contribution in [-0.2, 0) is 9.59 Å². The summed E-state index contributed by atoms with van der Waals surface area (Å²) in [6.45, 7) is 0. The molecule has 0 saturated carbocycles. The number of benzene rings is 3. The molecule has 0 saturated heterocycles. The Morgan fingerprint density at radius 3 is 2.52 bits per heavy atom. The maximum atomic E-state index is 13.2. The average molecular weight is 402 g/mol. The molecule has 0 aromatic heterocycles. The number of para-hydroxylation sites is 1. The Kier molecular flexibility index (Phi) is 5.44. The van der Waals surface area contributed by atoms with Crippen LogP contribution in [0.3, 0.4) is 0 Å². The summed E-state index contributed by atoms with van der Waals surface area (Å²) in [5.74, 6) is -0.756. The van der Waals surface area contributed by atoms with E-state index in [0.29, 0.717) is 22.3 Å². The maximum absolute atomic E-state index is 13.2. The molecule has 3 aromatic rings. The van der Waals surface area contributed by atoms with Gasteiger partial charge in [0.2, 0.25) is 0 Å². The minimum absolute atomic E-state index is 0.00285. The smallest absolute Gasteiger partial charge is 0.304 e. The van der Waals surface area contributed by atoms with Crippen LogP contribution < -0.4 is 4.90 Å². The van der Waals surface area contributed by atoms with E-state index in [9.17, 15) is 9.59 Å². The van der Waals surface area contributed by atoms with Gasteiger partial charge in [0.1, 0.15) is 5.70 Å². The highest BCUT2D eigenvalue weighted by Gasteiger charge is 2.32. The van der Waals surface area contributed by atoms with Crippen molar-refractivity contribution >= 4 is 51.3 Å². The van der Waals surface area contributed by atoms with Crippen LogP contribution in [0, 0.1) is 0 Å². The van der Waals surface area contributed by atoms with Gasteiger partial charge in [-0.05, 0) is 34.5 Å². The SMILES string of the molecule is O=C(O)CCSC1=N/C(=C\c2cccc3ccccc23)C(=O)N1c1ccccc1. The molecule has 6 heteroatoms. The fourth-order valence-electron chi connectivity index (χ4n) is 3.15. The zero-order chi connectivity index (χ0) is 20.2. The fourth-order valence-corrected chi connectivity index (χ4v) is 4.09. The molecule has 0 aliphatic carbocycles. The van der Waals surface area contributed by atoms with Crippen molar-refractivity contribution in [2.45, 2.75) is 6.42 Å². The van der Waals surface area contributed by atoms with Crippen LogP contribution in [0.1, 0.15) is 12.0 Å². The molecule has 0 unspecified atom stereocenters. The first-order valence-electron chi connectivity index (χ1n) is 9.16. The fraction of sp³-hybridized carbons (Fsp3) is 0.0870. The standard InChI is InChI=1S/C23H18N2O3S/c26-21(27)13-14-29-23-24-20(22(28)25(23)18-10-2-1-3-11-18)15-17-9-6-8-16-7-4-5-12-19(16)17/h1-12,15H,13-14H2,(H,26,27)/b20-15-. The Bertz CT molecular complexity index is 1130. The van der Waals surface area contributed by atoms with Gasteiger partial charge in [0.15, 0.2) is 5.17 Å². The summed E-state index contributed by atoms with van der Waals surface area (Å²) >= 11 is 1.27. The second kappa shape index (κ2) is 8.32. The Labute approximate surface area is 172 Å². The van der Waals surface area contributed by atoms with Crippen molar-refractivity contribution < 1.29 is 14.7 Å². The van der Waals surface area contributed by atoms with Gasteiger partial charge in [-0.25, -0.2) is 4.99 Å². The van der Waals surface area contributed by atoms with Gasteiger partial charge in [0.25, 0.3) is 5.91 Å². The van der Waals surface area contributed by atoms with Crippen molar-refractivity contribution in [2.75, 3.05) is 10.7 Å². The van der Waals surface area contributed by atoms with Crippen LogP contribution in [0.2, 0.25) is 0 Å². The number of carbonyl (C=O) groups excluding carboxylic acids is 1. The Hall–Kier alpha value is -3.38. The number of aliphatic imine (C=N–C) groups is 1. The van der Waals surface area contributed by atoms with Gasteiger partial charge in [0, 0.05) is 5.75 Å². The molecule has 1 aliphatic rings. The van der Waals surface area contributed by atoms with Crippen LogP contribution in [-0.4, -0.2) is 27.9 Å². The van der Waals surface area contributed by atoms with E-state index in [1.807, 2.05) is 72.8 Å². The van der Waals surface area contributed by atoms with E-state index in [0.717, 1.165) is 16.3 Å². The third-order valence-electron chi connectivity index (χ3n) is 4.51. The first-order chi connectivity index (χ1) is 14.1. The van der Waals surface area contributed by atoms with Crippen LogP contribution >= 0.6 is 11.8 Å². The molecule has 0 bridgehead atoms. The third-order valence-corrected chi connectivity index (χ3v) is 5.45. The molecule has 5 nitrogen and oxygen atoms in total. The second-order valence-corrected chi connectivity index (χ2v) is 7.52. The highest BCUT2D eigenvalue weighted by atomic mass is 32.2. The lowest BCUT2D eigenvalue weighted by molar-refractivity contribution is -0.136. The van der Waals surface area contributed by atoms with Crippen molar-refractivity contribution in [1.82, 2.24) is 0 Å². The lowest BCUT2D eigenvalue weighted by atomic mass is 10.0. The van der Waals surface area contributed by atoms with Crippen molar-refractivity contribution in [3.05, 3.63) is 84.1 Å². The Morgan fingerprint density at radius 1 is 1.00 bits per heavy atom. The number of amidine groups is 1. The topological polar surface area (TPSA) is 70.0 Å². The molecule has 0 atom stereocenters. The van der Waals surface area contributed by atoms with Gasteiger partial charge in [-0.3, -0.25) is 14.5 Å². The lowest BCUT2D eigenvalue weighted by Crippen LogP contribution is -2.30. The number of amides is 1. The largest absolute Gasteiger partial charge is 0.481 e. The summed E-state index contributed by atoms with van der Waals surface area (Å²) in [6, 6.07) is 23.2. The molecule has 1 aliphatic heterocycles. The van der Waals surface area contributed by atoms with Gasteiger partial charge in [-0.2, -0.15) is 0 Å². The van der Waals surface area contributed by atoms with Crippen molar-refractivity contribution in [1.29, 1.82) is 0 Å². The van der Waals surface area contributed by atoms with Crippen molar-refractivity contribution in [3.63, 3.8) is 0 Å². The number of anilines is 1. The maximum Gasteiger partial charge on any atom is 0.304 e. The number of carboxylic acids is 1.